The zero-order valence-corrected chi connectivity index (χ0v) is 15.3. The number of carbonyl (C=O) groups is 2. The molecule has 0 bridgehead atoms. The number of halogens is 1. The van der Waals surface area contributed by atoms with Crippen LogP contribution in [0, 0.1) is 0 Å². The van der Waals surface area contributed by atoms with Crippen molar-refractivity contribution in [2.75, 3.05) is 0 Å². The van der Waals surface area contributed by atoms with E-state index in [1.807, 2.05) is 18.2 Å². The number of hydrogen-bond donors (Lipinski definition) is 1. The van der Waals surface area contributed by atoms with Crippen molar-refractivity contribution in [1.29, 1.82) is 0 Å². The van der Waals surface area contributed by atoms with E-state index in [2.05, 4.69) is 5.32 Å². The largest absolute Gasteiger partial charge is 0.444 e. The summed E-state index contributed by atoms with van der Waals surface area (Å²) in [6, 6.07) is 15.5. The Morgan fingerprint density at radius 3 is 2.20 bits per heavy atom. The molecule has 0 aliphatic heterocycles. The molecule has 0 heterocycles. The molecule has 5 heteroatoms. The number of amides is 1. The standard InChI is InChI=1S/C20H22ClNO3/c1-20(2,3)25-19(24)22-17(14-9-11-16(21)12-10-14)13-18(23)15-7-5-4-6-8-15/h4-12,17H,13H2,1-3H3,(H,22,24). The Balaban J connectivity index is 2.18. The molecule has 0 radical (unpaired) electrons. The van der Waals surface area contributed by atoms with Gasteiger partial charge in [0.2, 0.25) is 0 Å². The zero-order valence-electron chi connectivity index (χ0n) is 14.6. The minimum Gasteiger partial charge on any atom is -0.444 e. The molecule has 0 saturated heterocycles. The van der Waals surface area contributed by atoms with Crippen LogP contribution in [0.2, 0.25) is 5.02 Å². The van der Waals surface area contributed by atoms with Crippen molar-refractivity contribution < 1.29 is 14.3 Å². The lowest BCUT2D eigenvalue weighted by Gasteiger charge is -2.23. The Kier molecular flexibility index (Phi) is 6.21. The normalized spacial score (nSPS) is 12.3. The third kappa shape index (κ3) is 6.24. The van der Waals surface area contributed by atoms with Crippen molar-refractivity contribution in [3.8, 4) is 0 Å². The predicted octanol–water partition coefficient (Wildman–Crippen LogP) is 5.18. The first kappa shape index (κ1) is 19.0. The fourth-order valence-electron chi connectivity index (χ4n) is 2.32. The maximum atomic E-state index is 12.5. The molecule has 2 aromatic rings. The molecule has 0 aliphatic rings. The summed E-state index contributed by atoms with van der Waals surface area (Å²) in [5.41, 5.74) is 0.782. The van der Waals surface area contributed by atoms with Crippen LogP contribution in [0.3, 0.4) is 0 Å². The van der Waals surface area contributed by atoms with Crippen molar-refractivity contribution in [3.63, 3.8) is 0 Å². The highest BCUT2D eigenvalue weighted by Crippen LogP contribution is 2.22. The summed E-state index contributed by atoms with van der Waals surface area (Å²) in [6.45, 7) is 5.37. The van der Waals surface area contributed by atoms with Gasteiger partial charge in [0, 0.05) is 17.0 Å². The number of ketones is 1. The third-order valence-electron chi connectivity index (χ3n) is 3.45. The third-order valence-corrected chi connectivity index (χ3v) is 3.70. The fraction of sp³-hybridized carbons (Fsp3) is 0.300. The maximum Gasteiger partial charge on any atom is 0.408 e. The van der Waals surface area contributed by atoms with E-state index in [-0.39, 0.29) is 12.2 Å². The van der Waals surface area contributed by atoms with E-state index < -0.39 is 17.7 Å². The molecule has 2 rings (SSSR count). The average molecular weight is 360 g/mol. The van der Waals surface area contributed by atoms with E-state index in [1.54, 1.807) is 57.2 Å². The first-order valence-corrected chi connectivity index (χ1v) is 8.45. The Hall–Kier alpha value is -2.33. The summed E-state index contributed by atoms with van der Waals surface area (Å²) in [5.74, 6) is -0.0587. The fourth-order valence-corrected chi connectivity index (χ4v) is 2.45. The van der Waals surface area contributed by atoms with Gasteiger partial charge in [-0.3, -0.25) is 4.79 Å². The number of alkyl carbamates (subject to hydrolysis) is 1. The molecule has 1 atom stereocenters. The Morgan fingerprint density at radius 2 is 1.64 bits per heavy atom. The molecule has 132 valence electrons. The minimum atomic E-state index is -0.613. The van der Waals surface area contributed by atoms with E-state index in [4.69, 9.17) is 16.3 Å². The number of Topliss-reactive ketones (excluding diaryl/α,β-unsaturated/α-hetero) is 1. The van der Waals surface area contributed by atoms with Gasteiger partial charge in [-0.1, -0.05) is 54.1 Å². The van der Waals surface area contributed by atoms with Crippen molar-refractivity contribution in [2.24, 2.45) is 0 Å². The van der Waals surface area contributed by atoms with Gasteiger partial charge in [0.15, 0.2) is 5.78 Å². The van der Waals surface area contributed by atoms with Gasteiger partial charge >= 0.3 is 6.09 Å². The quantitative estimate of drug-likeness (QED) is 0.748. The van der Waals surface area contributed by atoms with E-state index in [1.165, 1.54) is 0 Å². The number of carbonyl (C=O) groups excluding carboxylic acids is 2. The number of benzene rings is 2. The highest BCUT2D eigenvalue weighted by molar-refractivity contribution is 6.30. The van der Waals surface area contributed by atoms with Gasteiger partial charge in [0.1, 0.15) is 5.60 Å². The summed E-state index contributed by atoms with van der Waals surface area (Å²) in [4.78, 5) is 24.7. The Morgan fingerprint density at radius 1 is 1.04 bits per heavy atom. The summed E-state index contributed by atoms with van der Waals surface area (Å²) in [6.07, 6.45) is -0.432. The average Bonchev–Trinajstić information content (AvgIpc) is 2.54. The Labute approximate surface area is 153 Å². The summed E-state index contributed by atoms with van der Waals surface area (Å²) in [5, 5.41) is 3.38. The van der Waals surface area contributed by atoms with E-state index in [9.17, 15) is 9.59 Å². The van der Waals surface area contributed by atoms with Crippen molar-refractivity contribution in [2.45, 2.75) is 38.8 Å². The second-order valence-electron chi connectivity index (χ2n) is 6.74. The zero-order chi connectivity index (χ0) is 18.4. The molecule has 25 heavy (non-hydrogen) atoms. The van der Waals surface area contributed by atoms with Crippen molar-refractivity contribution in [3.05, 3.63) is 70.7 Å². The van der Waals surface area contributed by atoms with Gasteiger partial charge in [-0.25, -0.2) is 4.79 Å². The van der Waals surface area contributed by atoms with Gasteiger partial charge in [-0.05, 0) is 38.5 Å². The van der Waals surface area contributed by atoms with Gasteiger partial charge in [0.25, 0.3) is 0 Å². The predicted molar refractivity (Wildman–Crippen MR) is 99.0 cm³/mol. The molecule has 0 aromatic heterocycles. The van der Waals surface area contributed by atoms with Crippen LogP contribution in [0.15, 0.2) is 54.6 Å². The summed E-state index contributed by atoms with van der Waals surface area (Å²) < 4.78 is 5.31. The van der Waals surface area contributed by atoms with Gasteiger partial charge in [0.05, 0.1) is 6.04 Å². The molecule has 0 saturated carbocycles. The van der Waals surface area contributed by atoms with Crippen LogP contribution >= 0.6 is 11.6 Å². The molecule has 1 unspecified atom stereocenters. The molecule has 2 aromatic carbocycles. The van der Waals surface area contributed by atoms with Crippen LogP contribution in [0.5, 0.6) is 0 Å². The lowest BCUT2D eigenvalue weighted by Crippen LogP contribution is -2.35. The molecular formula is C20H22ClNO3. The molecular weight excluding hydrogens is 338 g/mol. The topological polar surface area (TPSA) is 55.4 Å². The lowest BCUT2D eigenvalue weighted by molar-refractivity contribution is 0.0501. The molecule has 1 N–H and O–H groups in total. The molecule has 0 aliphatic carbocycles. The summed E-state index contributed by atoms with van der Waals surface area (Å²) in [7, 11) is 0. The monoisotopic (exact) mass is 359 g/mol. The summed E-state index contributed by atoms with van der Waals surface area (Å²) >= 11 is 5.93. The highest BCUT2D eigenvalue weighted by atomic mass is 35.5. The first-order chi connectivity index (χ1) is 11.7. The Bertz CT molecular complexity index is 721. The van der Waals surface area contributed by atoms with Gasteiger partial charge < -0.3 is 10.1 Å². The molecule has 4 nitrogen and oxygen atoms in total. The van der Waals surface area contributed by atoms with Crippen LogP contribution in [0.4, 0.5) is 4.79 Å². The number of hydrogen-bond acceptors (Lipinski definition) is 3. The molecule has 0 spiro atoms. The van der Waals surface area contributed by atoms with Crippen LogP contribution < -0.4 is 5.32 Å². The van der Waals surface area contributed by atoms with Crippen molar-refractivity contribution in [1.82, 2.24) is 5.32 Å². The van der Waals surface area contributed by atoms with E-state index in [0.29, 0.717) is 10.6 Å². The number of rotatable bonds is 5. The second-order valence-corrected chi connectivity index (χ2v) is 7.18. The van der Waals surface area contributed by atoms with Crippen LogP contribution in [-0.2, 0) is 4.74 Å². The lowest BCUT2D eigenvalue weighted by atomic mass is 9.98. The number of ether oxygens (including phenoxy) is 1. The second kappa shape index (κ2) is 8.17. The van der Waals surface area contributed by atoms with Crippen LogP contribution in [0.25, 0.3) is 0 Å². The first-order valence-electron chi connectivity index (χ1n) is 8.08. The van der Waals surface area contributed by atoms with E-state index in [0.717, 1.165) is 5.56 Å². The number of nitrogens with one attached hydrogen (secondary N) is 1. The minimum absolute atomic E-state index is 0.0587. The van der Waals surface area contributed by atoms with Crippen molar-refractivity contribution >= 4 is 23.5 Å². The molecule has 0 fully saturated rings. The van der Waals surface area contributed by atoms with Gasteiger partial charge in [-0.2, -0.15) is 0 Å². The van der Waals surface area contributed by atoms with Gasteiger partial charge in [-0.15, -0.1) is 0 Å². The van der Waals surface area contributed by atoms with Crippen LogP contribution in [0.1, 0.15) is 49.2 Å². The maximum absolute atomic E-state index is 12.5. The SMILES string of the molecule is CC(C)(C)OC(=O)NC(CC(=O)c1ccccc1)c1ccc(Cl)cc1. The smallest absolute Gasteiger partial charge is 0.408 e. The van der Waals surface area contributed by atoms with E-state index >= 15 is 0 Å². The molecule has 1 amide bonds. The highest BCUT2D eigenvalue weighted by Gasteiger charge is 2.23. The van der Waals surface area contributed by atoms with Crippen LogP contribution in [-0.4, -0.2) is 17.5 Å².